The highest BCUT2D eigenvalue weighted by molar-refractivity contribution is 5.79. The van der Waals surface area contributed by atoms with Gasteiger partial charge >= 0.3 is 0 Å². The van der Waals surface area contributed by atoms with Crippen LogP contribution in [0, 0.1) is 0 Å². The molecule has 0 aliphatic heterocycles. The minimum absolute atomic E-state index is 0. The predicted molar refractivity (Wildman–Crippen MR) is 67.3 cm³/mol. The third-order valence-corrected chi connectivity index (χ3v) is 3.19. The van der Waals surface area contributed by atoms with Gasteiger partial charge in [-0.05, 0) is 29.2 Å². The Bertz CT molecular complexity index is 479. The molecule has 0 saturated carbocycles. The molecule has 0 spiro atoms. The Labute approximate surface area is 96.4 Å². The Hall–Kier alpha value is -1.60. The minimum atomic E-state index is -0.840. The van der Waals surface area contributed by atoms with E-state index in [-0.39, 0.29) is 7.43 Å². The van der Waals surface area contributed by atoms with Crippen LogP contribution in [0.5, 0.6) is 0 Å². The zero-order valence-corrected chi connectivity index (χ0v) is 8.57. The summed E-state index contributed by atoms with van der Waals surface area (Å²) in [6, 6.07) is 16.1. The van der Waals surface area contributed by atoms with E-state index in [0.717, 1.165) is 22.3 Å². The molecule has 0 unspecified atom stereocenters. The summed E-state index contributed by atoms with van der Waals surface area (Å²) >= 11 is 0. The van der Waals surface area contributed by atoms with E-state index in [2.05, 4.69) is 12.1 Å². The van der Waals surface area contributed by atoms with Crippen LogP contribution in [0.15, 0.2) is 48.5 Å². The van der Waals surface area contributed by atoms with E-state index in [4.69, 9.17) is 0 Å². The maximum absolute atomic E-state index is 10.5. The summed E-state index contributed by atoms with van der Waals surface area (Å²) in [7, 11) is 0. The number of hydrogen-bond acceptors (Lipinski definition) is 1. The molecule has 1 N–H and O–H groups in total. The van der Waals surface area contributed by atoms with Crippen LogP contribution >= 0.6 is 0 Å². The van der Waals surface area contributed by atoms with E-state index in [1.807, 2.05) is 43.3 Å². The maximum Gasteiger partial charge on any atom is 0.113 e. The van der Waals surface area contributed by atoms with E-state index >= 15 is 0 Å². The number of hydrogen-bond donors (Lipinski definition) is 1. The third kappa shape index (κ3) is 1.22. The van der Waals surface area contributed by atoms with Gasteiger partial charge in [0.2, 0.25) is 0 Å². The van der Waals surface area contributed by atoms with Crippen LogP contribution in [0.3, 0.4) is 0 Å². The van der Waals surface area contributed by atoms with Crippen LogP contribution in [0.25, 0.3) is 11.1 Å². The molecule has 16 heavy (non-hydrogen) atoms. The predicted octanol–water partition coefficient (Wildman–Crippen LogP) is 3.56. The molecule has 0 saturated heterocycles. The first-order valence-electron chi connectivity index (χ1n) is 5.13. The topological polar surface area (TPSA) is 20.2 Å². The van der Waals surface area contributed by atoms with Crippen molar-refractivity contribution in [3.05, 3.63) is 59.7 Å². The Morgan fingerprint density at radius 2 is 1.19 bits per heavy atom. The average molecular weight is 212 g/mol. The first-order valence-corrected chi connectivity index (χ1v) is 5.13. The normalized spacial score (nSPS) is 14.9. The fraction of sp³-hybridized carbons (Fsp3) is 0.200. The molecule has 82 valence electrons. The Kier molecular flexibility index (Phi) is 2.36. The van der Waals surface area contributed by atoms with Crippen molar-refractivity contribution >= 4 is 0 Å². The van der Waals surface area contributed by atoms with Gasteiger partial charge in [-0.3, -0.25) is 0 Å². The molecule has 0 heterocycles. The number of aliphatic hydroxyl groups is 1. The Balaban J connectivity index is 0.000000963. The second-order valence-corrected chi connectivity index (χ2v) is 4.16. The monoisotopic (exact) mass is 212 g/mol. The van der Waals surface area contributed by atoms with Gasteiger partial charge in [-0.1, -0.05) is 56.0 Å². The lowest BCUT2D eigenvalue weighted by molar-refractivity contribution is 0.107. The van der Waals surface area contributed by atoms with Gasteiger partial charge in [0.1, 0.15) is 5.60 Å². The van der Waals surface area contributed by atoms with E-state index in [1.165, 1.54) is 0 Å². The molecule has 2 aromatic rings. The Morgan fingerprint density at radius 3 is 1.62 bits per heavy atom. The van der Waals surface area contributed by atoms with Gasteiger partial charge in [-0.25, -0.2) is 0 Å². The fourth-order valence-electron chi connectivity index (χ4n) is 2.43. The van der Waals surface area contributed by atoms with Crippen molar-refractivity contribution < 1.29 is 5.11 Å². The van der Waals surface area contributed by atoms with Gasteiger partial charge in [0, 0.05) is 0 Å². The lowest BCUT2D eigenvalue weighted by Crippen LogP contribution is -2.18. The van der Waals surface area contributed by atoms with Gasteiger partial charge in [-0.2, -0.15) is 0 Å². The quantitative estimate of drug-likeness (QED) is 0.708. The van der Waals surface area contributed by atoms with Crippen LogP contribution in [-0.2, 0) is 5.60 Å². The number of fused-ring (bicyclic) bond motifs is 3. The molecular formula is C15H16O. The van der Waals surface area contributed by atoms with E-state index in [1.54, 1.807) is 0 Å². The summed E-state index contributed by atoms with van der Waals surface area (Å²) in [5.74, 6) is 0. The summed E-state index contributed by atoms with van der Waals surface area (Å²) in [5.41, 5.74) is 3.47. The van der Waals surface area contributed by atoms with Gasteiger partial charge in [0.05, 0.1) is 0 Å². The second-order valence-electron chi connectivity index (χ2n) is 4.16. The highest BCUT2D eigenvalue weighted by Crippen LogP contribution is 2.46. The molecule has 0 radical (unpaired) electrons. The second kappa shape index (κ2) is 3.46. The smallest absolute Gasteiger partial charge is 0.113 e. The SMILES string of the molecule is C.CC1(O)c2ccccc2-c2ccccc21. The van der Waals surface area contributed by atoms with Crippen LogP contribution < -0.4 is 0 Å². The van der Waals surface area contributed by atoms with Crippen molar-refractivity contribution in [1.82, 2.24) is 0 Å². The van der Waals surface area contributed by atoms with Crippen molar-refractivity contribution in [3.63, 3.8) is 0 Å². The number of benzene rings is 2. The van der Waals surface area contributed by atoms with Gasteiger partial charge < -0.3 is 5.11 Å². The largest absolute Gasteiger partial charge is 0.381 e. The van der Waals surface area contributed by atoms with Gasteiger partial charge in [0.15, 0.2) is 0 Å². The summed E-state index contributed by atoms with van der Waals surface area (Å²) in [5, 5.41) is 10.5. The van der Waals surface area contributed by atoms with Crippen LogP contribution in [0.1, 0.15) is 25.5 Å². The van der Waals surface area contributed by atoms with Crippen molar-refractivity contribution in [1.29, 1.82) is 0 Å². The molecule has 0 aromatic heterocycles. The average Bonchev–Trinajstić information content (AvgIpc) is 2.51. The molecular weight excluding hydrogens is 196 g/mol. The van der Waals surface area contributed by atoms with Crippen LogP contribution in [-0.4, -0.2) is 5.11 Å². The van der Waals surface area contributed by atoms with Gasteiger partial charge in [-0.15, -0.1) is 0 Å². The summed E-state index contributed by atoms with van der Waals surface area (Å²) < 4.78 is 0. The highest BCUT2D eigenvalue weighted by atomic mass is 16.3. The van der Waals surface area contributed by atoms with Crippen LogP contribution in [0.2, 0.25) is 0 Å². The molecule has 0 bridgehead atoms. The summed E-state index contributed by atoms with van der Waals surface area (Å²) in [4.78, 5) is 0. The molecule has 1 aliphatic rings. The minimum Gasteiger partial charge on any atom is -0.381 e. The van der Waals surface area contributed by atoms with E-state index in [9.17, 15) is 5.11 Å². The molecule has 2 aromatic carbocycles. The maximum atomic E-state index is 10.5. The highest BCUT2D eigenvalue weighted by Gasteiger charge is 2.36. The first kappa shape index (κ1) is 10.9. The van der Waals surface area contributed by atoms with E-state index < -0.39 is 5.60 Å². The van der Waals surface area contributed by atoms with Crippen LogP contribution in [0.4, 0.5) is 0 Å². The Morgan fingerprint density at radius 1 is 0.812 bits per heavy atom. The third-order valence-electron chi connectivity index (χ3n) is 3.19. The standard InChI is InChI=1S/C14H12O.CH4/c1-14(15)12-8-4-2-6-10(12)11-7-3-5-9-13(11)14;/h2-9,15H,1H3;1H4. The van der Waals surface area contributed by atoms with Crippen molar-refractivity contribution in [2.45, 2.75) is 20.0 Å². The number of rotatable bonds is 0. The summed E-state index contributed by atoms with van der Waals surface area (Å²) in [6.07, 6.45) is 0. The van der Waals surface area contributed by atoms with Crippen molar-refractivity contribution in [2.75, 3.05) is 0 Å². The first-order chi connectivity index (χ1) is 7.21. The zero-order valence-electron chi connectivity index (χ0n) is 8.57. The molecule has 1 aliphatic carbocycles. The molecule has 1 heteroatoms. The fourth-order valence-corrected chi connectivity index (χ4v) is 2.43. The molecule has 0 amide bonds. The lowest BCUT2D eigenvalue weighted by Gasteiger charge is -2.19. The molecule has 3 rings (SSSR count). The van der Waals surface area contributed by atoms with E-state index in [0.29, 0.717) is 0 Å². The summed E-state index contributed by atoms with van der Waals surface area (Å²) in [6.45, 7) is 1.86. The zero-order chi connectivity index (χ0) is 10.5. The van der Waals surface area contributed by atoms with Gasteiger partial charge in [0.25, 0.3) is 0 Å². The molecule has 0 fully saturated rings. The molecule has 0 atom stereocenters. The lowest BCUT2D eigenvalue weighted by atomic mass is 9.94. The van der Waals surface area contributed by atoms with Crippen molar-refractivity contribution in [2.24, 2.45) is 0 Å². The van der Waals surface area contributed by atoms with Crippen molar-refractivity contribution in [3.8, 4) is 11.1 Å². The molecule has 1 nitrogen and oxygen atoms in total.